The second-order valence-corrected chi connectivity index (χ2v) is 6.18. The Bertz CT molecular complexity index is 659. The van der Waals surface area contributed by atoms with Crippen molar-refractivity contribution in [2.45, 2.75) is 32.4 Å². The van der Waals surface area contributed by atoms with E-state index in [2.05, 4.69) is 26.2 Å². The van der Waals surface area contributed by atoms with Gasteiger partial charge in [-0.3, -0.25) is 4.98 Å². The third kappa shape index (κ3) is 3.80. The normalized spacial score (nSPS) is 14.2. The van der Waals surface area contributed by atoms with E-state index in [4.69, 9.17) is 4.74 Å². The Morgan fingerprint density at radius 1 is 1.33 bits per heavy atom. The van der Waals surface area contributed by atoms with Crippen molar-refractivity contribution in [1.29, 1.82) is 0 Å². The Kier molecular flexibility index (Phi) is 4.22. The van der Waals surface area contributed by atoms with Crippen molar-refractivity contribution < 1.29 is 9.13 Å². The van der Waals surface area contributed by atoms with Gasteiger partial charge in [0.2, 0.25) is 0 Å². The SMILES string of the molecule is Cc1cc(Oc2ccc(Br)cc2F)c(CNC2CC2)cn1. The standard InChI is InChI=1S/C16H16BrFN2O/c1-10-6-16(11(8-19-10)9-20-13-3-4-13)21-15-5-2-12(17)7-14(15)18/h2,5-8,13,20H,3-4,9H2,1H3. The molecule has 0 bridgehead atoms. The molecule has 0 radical (unpaired) electrons. The summed E-state index contributed by atoms with van der Waals surface area (Å²) in [7, 11) is 0. The van der Waals surface area contributed by atoms with Crippen LogP contribution in [0.5, 0.6) is 11.5 Å². The first-order valence-corrected chi connectivity index (χ1v) is 7.73. The van der Waals surface area contributed by atoms with E-state index in [1.807, 2.05) is 13.0 Å². The van der Waals surface area contributed by atoms with E-state index in [9.17, 15) is 4.39 Å². The van der Waals surface area contributed by atoms with Crippen molar-refractivity contribution in [1.82, 2.24) is 10.3 Å². The highest BCUT2D eigenvalue weighted by atomic mass is 79.9. The van der Waals surface area contributed by atoms with Gasteiger partial charge in [-0.15, -0.1) is 0 Å². The smallest absolute Gasteiger partial charge is 0.166 e. The Hall–Kier alpha value is -1.46. The quantitative estimate of drug-likeness (QED) is 0.870. The average Bonchev–Trinajstić information content (AvgIpc) is 3.25. The lowest BCUT2D eigenvalue weighted by atomic mass is 10.2. The van der Waals surface area contributed by atoms with Crippen molar-refractivity contribution in [3.63, 3.8) is 0 Å². The minimum atomic E-state index is -0.389. The third-order valence-electron chi connectivity index (χ3n) is 3.35. The third-order valence-corrected chi connectivity index (χ3v) is 3.85. The zero-order valence-electron chi connectivity index (χ0n) is 11.7. The number of aryl methyl sites for hydroxylation is 1. The number of benzene rings is 1. The summed E-state index contributed by atoms with van der Waals surface area (Å²) in [6, 6.07) is 7.21. The molecule has 1 heterocycles. The van der Waals surface area contributed by atoms with Crippen molar-refractivity contribution in [3.05, 3.63) is 52.0 Å². The van der Waals surface area contributed by atoms with Gasteiger partial charge in [0.15, 0.2) is 11.6 Å². The number of ether oxygens (including phenoxy) is 1. The molecule has 0 amide bonds. The number of hydrogen-bond donors (Lipinski definition) is 1. The summed E-state index contributed by atoms with van der Waals surface area (Å²) in [5, 5.41) is 3.42. The molecule has 3 rings (SSSR count). The molecule has 1 aliphatic carbocycles. The highest BCUT2D eigenvalue weighted by Crippen LogP contribution is 2.30. The maximum atomic E-state index is 13.9. The number of hydrogen-bond acceptors (Lipinski definition) is 3. The minimum absolute atomic E-state index is 0.219. The highest BCUT2D eigenvalue weighted by molar-refractivity contribution is 9.10. The van der Waals surface area contributed by atoms with Gasteiger partial charge in [-0.05, 0) is 38.0 Å². The van der Waals surface area contributed by atoms with Crippen LogP contribution >= 0.6 is 15.9 Å². The molecule has 1 saturated carbocycles. The van der Waals surface area contributed by atoms with E-state index in [1.165, 1.54) is 18.9 Å². The fourth-order valence-corrected chi connectivity index (χ4v) is 2.34. The number of nitrogens with one attached hydrogen (secondary N) is 1. The number of nitrogens with zero attached hydrogens (tertiary/aromatic N) is 1. The van der Waals surface area contributed by atoms with Crippen LogP contribution in [0.4, 0.5) is 4.39 Å². The molecule has 0 unspecified atom stereocenters. The molecule has 3 nitrogen and oxygen atoms in total. The number of rotatable bonds is 5. The maximum absolute atomic E-state index is 13.9. The topological polar surface area (TPSA) is 34.1 Å². The second kappa shape index (κ2) is 6.12. The molecule has 1 aliphatic rings. The lowest BCUT2D eigenvalue weighted by Gasteiger charge is -2.13. The zero-order valence-corrected chi connectivity index (χ0v) is 13.3. The molecule has 5 heteroatoms. The summed E-state index contributed by atoms with van der Waals surface area (Å²) in [6.45, 7) is 2.58. The van der Waals surface area contributed by atoms with E-state index in [0.717, 1.165) is 11.3 Å². The molecule has 1 aromatic carbocycles. The number of pyridine rings is 1. The fraction of sp³-hybridized carbons (Fsp3) is 0.312. The van der Waals surface area contributed by atoms with Crippen molar-refractivity contribution in [3.8, 4) is 11.5 Å². The summed E-state index contributed by atoms with van der Waals surface area (Å²) in [5.41, 5.74) is 1.78. The van der Waals surface area contributed by atoms with Crippen LogP contribution in [0.2, 0.25) is 0 Å². The van der Waals surface area contributed by atoms with Crippen molar-refractivity contribution in [2.75, 3.05) is 0 Å². The van der Waals surface area contributed by atoms with Gasteiger partial charge >= 0.3 is 0 Å². The van der Waals surface area contributed by atoms with Gasteiger partial charge in [0.25, 0.3) is 0 Å². The second-order valence-electron chi connectivity index (χ2n) is 5.27. The van der Waals surface area contributed by atoms with E-state index in [-0.39, 0.29) is 11.6 Å². The summed E-state index contributed by atoms with van der Waals surface area (Å²) in [6.07, 6.45) is 4.23. The monoisotopic (exact) mass is 350 g/mol. The van der Waals surface area contributed by atoms with Crippen LogP contribution in [-0.2, 0) is 6.54 Å². The molecule has 1 fully saturated rings. The van der Waals surface area contributed by atoms with Crippen molar-refractivity contribution in [2.24, 2.45) is 0 Å². The predicted molar refractivity (Wildman–Crippen MR) is 83.0 cm³/mol. The summed E-state index contributed by atoms with van der Waals surface area (Å²) in [4.78, 5) is 4.30. The molecule has 1 aromatic heterocycles. The molecule has 2 aromatic rings. The van der Waals surface area contributed by atoms with Crippen LogP contribution in [0.25, 0.3) is 0 Å². The van der Waals surface area contributed by atoms with E-state index in [1.54, 1.807) is 18.3 Å². The Morgan fingerprint density at radius 3 is 2.86 bits per heavy atom. The molecular weight excluding hydrogens is 335 g/mol. The molecule has 0 saturated heterocycles. The summed E-state index contributed by atoms with van der Waals surface area (Å²) in [5.74, 6) is 0.480. The van der Waals surface area contributed by atoms with Crippen LogP contribution in [0, 0.1) is 12.7 Å². The highest BCUT2D eigenvalue weighted by Gasteiger charge is 2.21. The Morgan fingerprint density at radius 2 is 2.14 bits per heavy atom. The lowest BCUT2D eigenvalue weighted by Crippen LogP contribution is -2.16. The first-order chi connectivity index (χ1) is 10.1. The first-order valence-electron chi connectivity index (χ1n) is 6.93. The molecule has 1 N–H and O–H groups in total. The van der Waals surface area contributed by atoms with E-state index >= 15 is 0 Å². The largest absolute Gasteiger partial charge is 0.454 e. The molecule has 0 atom stereocenters. The summed E-state index contributed by atoms with van der Waals surface area (Å²) < 4.78 is 20.3. The number of aromatic nitrogens is 1. The Labute approximate surface area is 131 Å². The van der Waals surface area contributed by atoms with Crippen LogP contribution in [-0.4, -0.2) is 11.0 Å². The van der Waals surface area contributed by atoms with Gasteiger partial charge < -0.3 is 10.1 Å². The van der Waals surface area contributed by atoms with E-state index in [0.29, 0.717) is 22.8 Å². The van der Waals surface area contributed by atoms with Gasteiger partial charge in [0, 0.05) is 40.6 Å². The fourth-order valence-electron chi connectivity index (χ4n) is 2.01. The first kappa shape index (κ1) is 14.5. The predicted octanol–water partition coefficient (Wildman–Crippen LogP) is 4.34. The average molecular weight is 351 g/mol. The van der Waals surface area contributed by atoms with Gasteiger partial charge in [0.05, 0.1) is 0 Å². The van der Waals surface area contributed by atoms with E-state index < -0.39 is 0 Å². The summed E-state index contributed by atoms with van der Waals surface area (Å²) >= 11 is 3.24. The number of halogens is 2. The zero-order chi connectivity index (χ0) is 14.8. The van der Waals surface area contributed by atoms with Crippen LogP contribution in [0.15, 0.2) is 34.9 Å². The molecule has 21 heavy (non-hydrogen) atoms. The Balaban J connectivity index is 1.83. The van der Waals surface area contributed by atoms with Crippen molar-refractivity contribution >= 4 is 15.9 Å². The minimum Gasteiger partial charge on any atom is -0.454 e. The van der Waals surface area contributed by atoms with Crippen LogP contribution < -0.4 is 10.1 Å². The molecule has 110 valence electrons. The molecule has 0 spiro atoms. The maximum Gasteiger partial charge on any atom is 0.166 e. The molecular formula is C16H16BrFN2O. The lowest BCUT2D eigenvalue weighted by molar-refractivity contribution is 0.434. The van der Waals surface area contributed by atoms with Gasteiger partial charge in [0.1, 0.15) is 5.75 Å². The van der Waals surface area contributed by atoms with Gasteiger partial charge in [-0.25, -0.2) is 4.39 Å². The van der Waals surface area contributed by atoms with Gasteiger partial charge in [-0.2, -0.15) is 0 Å². The molecule has 0 aliphatic heterocycles. The van der Waals surface area contributed by atoms with Gasteiger partial charge in [-0.1, -0.05) is 15.9 Å². The van der Waals surface area contributed by atoms with Crippen LogP contribution in [0.3, 0.4) is 0 Å². The van der Waals surface area contributed by atoms with Crippen LogP contribution in [0.1, 0.15) is 24.1 Å².